The highest BCUT2D eigenvalue weighted by Crippen LogP contribution is 2.13. The minimum atomic E-state index is 0. The van der Waals surface area contributed by atoms with Crippen LogP contribution in [-0.2, 0) is 6.54 Å². The Morgan fingerprint density at radius 1 is 1.24 bits per heavy atom. The smallest absolute Gasteiger partial charge is 0.191 e. The van der Waals surface area contributed by atoms with E-state index in [0.29, 0.717) is 18.5 Å². The van der Waals surface area contributed by atoms with Gasteiger partial charge in [0.15, 0.2) is 11.7 Å². The first-order valence-corrected chi connectivity index (χ1v) is 8.82. The van der Waals surface area contributed by atoms with Crippen LogP contribution in [0.5, 0.6) is 0 Å². The van der Waals surface area contributed by atoms with Crippen molar-refractivity contribution in [3.8, 4) is 0 Å². The number of hydrogen-bond acceptors (Lipinski definition) is 5. The minimum absolute atomic E-state index is 0. The molecule has 1 atom stereocenters. The summed E-state index contributed by atoms with van der Waals surface area (Å²) in [7, 11) is 3.97. The number of nitrogens with one attached hydrogen (secondary N) is 2. The van der Waals surface area contributed by atoms with E-state index >= 15 is 0 Å². The van der Waals surface area contributed by atoms with E-state index in [1.54, 1.807) is 7.05 Å². The van der Waals surface area contributed by atoms with Gasteiger partial charge in [-0.3, -0.25) is 9.89 Å². The molecule has 2 rings (SSSR count). The summed E-state index contributed by atoms with van der Waals surface area (Å²) in [4.78, 5) is 9.17. The quantitative estimate of drug-likeness (QED) is 0.380. The van der Waals surface area contributed by atoms with Gasteiger partial charge in [-0.25, -0.2) is 0 Å². The van der Waals surface area contributed by atoms with Gasteiger partial charge < -0.3 is 20.1 Å². The maximum absolute atomic E-state index is 5.34. The van der Waals surface area contributed by atoms with Gasteiger partial charge in [0.2, 0.25) is 0 Å². The summed E-state index contributed by atoms with van der Waals surface area (Å²) in [5.41, 5.74) is 0.985. The standard InChI is InChI=1S/C17H32N6O.HI/c1-13(2)16-10-15(24-21-16)12-20-17(18-4)19-11-14(3)23-8-6-22(5)7-9-23;/h10,13-14H,6-9,11-12H2,1-5H3,(H2,18,19,20);1H. The second kappa shape index (κ2) is 11.0. The number of piperazine rings is 1. The zero-order valence-electron chi connectivity index (χ0n) is 16.1. The SMILES string of the molecule is CN=C(NCc1cc(C(C)C)no1)NCC(C)N1CCN(C)CC1.I. The lowest BCUT2D eigenvalue weighted by atomic mass is 10.1. The summed E-state index contributed by atoms with van der Waals surface area (Å²) in [6.07, 6.45) is 0. The van der Waals surface area contributed by atoms with Gasteiger partial charge in [0.1, 0.15) is 0 Å². The van der Waals surface area contributed by atoms with E-state index in [1.807, 2.05) is 6.07 Å². The molecule has 0 saturated carbocycles. The average molecular weight is 464 g/mol. The largest absolute Gasteiger partial charge is 0.359 e. The summed E-state index contributed by atoms with van der Waals surface area (Å²) >= 11 is 0. The third-order valence-corrected chi connectivity index (χ3v) is 4.55. The van der Waals surface area contributed by atoms with Crippen LogP contribution in [0.2, 0.25) is 0 Å². The molecule has 1 aromatic heterocycles. The highest BCUT2D eigenvalue weighted by Gasteiger charge is 2.19. The third-order valence-electron chi connectivity index (χ3n) is 4.55. The lowest BCUT2D eigenvalue weighted by molar-refractivity contribution is 0.120. The van der Waals surface area contributed by atoms with Crippen LogP contribution < -0.4 is 10.6 Å². The van der Waals surface area contributed by atoms with Crippen molar-refractivity contribution in [2.45, 2.75) is 39.3 Å². The van der Waals surface area contributed by atoms with E-state index in [4.69, 9.17) is 4.52 Å². The molecule has 0 radical (unpaired) electrons. The van der Waals surface area contributed by atoms with Crippen molar-refractivity contribution < 1.29 is 4.52 Å². The van der Waals surface area contributed by atoms with E-state index in [1.165, 1.54) is 0 Å². The molecule has 1 aliphatic heterocycles. The van der Waals surface area contributed by atoms with E-state index in [0.717, 1.165) is 50.1 Å². The zero-order valence-corrected chi connectivity index (χ0v) is 18.4. The summed E-state index contributed by atoms with van der Waals surface area (Å²) in [6.45, 7) is 12.5. The summed E-state index contributed by atoms with van der Waals surface area (Å²) in [6, 6.07) is 2.48. The van der Waals surface area contributed by atoms with Crippen molar-refractivity contribution in [1.29, 1.82) is 0 Å². The molecule has 8 heteroatoms. The zero-order chi connectivity index (χ0) is 17.5. The summed E-state index contributed by atoms with van der Waals surface area (Å²) < 4.78 is 5.34. The molecular weight excluding hydrogens is 431 g/mol. The molecule has 1 unspecified atom stereocenters. The Bertz CT molecular complexity index is 525. The van der Waals surface area contributed by atoms with Crippen molar-refractivity contribution in [3.05, 3.63) is 17.5 Å². The first-order valence-electron chi connectivity index (χ1n) is 8.82. The Kier molecular flexibility index (Phi) is 9.73. The topological polar surface area (TPSA) is 68.9 Å². The van der Waals surface area contributed by atoms with Crippen molar-refractivity contribution in [3.63, 3.8) is 0 Å². The lowest BCUT2D eigenvalue weighted by Gasteiger charge is -2.36. The van der Waals surface area contributed by atoms with Crippen molar-refractivity contribution in [2.24, 2.45) is 4.99 Å². The van der Waals surface area contributed by atoms with Gasteiger partial charge in [-0.15, -0.1) is 24.0 Å². The fraction of sp³-hybridized carbons (Fsp3) is 0.765. The predicted molar refractivity (Wildman–Crippen MR) is 113 cm³/mol. The molecule has 25 heavy (non-hydrogen) atoms. The Hall–Kier alpha value is -0.870. The molecule has 1 aromatic rings. The molecule has 0 amide bonds. The summed E-state index contributed by atoms with van der Waals surface area (Å²) in [5.74, 6) is 2.00. The number of guanidine groups is 1. The van der Waals surface area contributed by atoms with Crippen LogP contribution in [0.25, 0.3) is 0 Å². The molecule has 2 N–H and O–H groups in total. The van der Waals surface area contributed by atoms with Gasteiger partial charge in [0.25, 0.3) is 0 Å². The first kappa shape index (κ1) is 22.2. The van der Waals surface area contributed by atoms with E-state index < -0.39 is 0 Å². The number of rotatable bonds is 6. The third kappa shape index (κ3) is 7.10. The van der Waals surface area contributed by atoms with Crippen LogP contribution in [0, 0.1) is 0 Å². The molecule has 0 spiro atoms. The summed E-state index contributed by atoms with van der Waals surface area (Å²) in [5, 5.41) is 10.8. The molecule has 1 fully saturated rings. The highest BCUT2D eigenvalue weighted by atomic mass is 127. The Morgan fingerprint density at radius 2 is 1.92 bits per heavy atom. The first-order chi connectivity index (χ1) is 11.5. The monoisotopic (exact) mass is 464 g/mol. The van der Waals surface area contributed by atoms with Crippen molar-refractivity contribution in [2.75, 3.05) is 46.8 Å². The van der Waals surface area contributed by atoms with Gasteiger partial charge in [-0.1, -0.05) is 19.0 Å². The van der Waals surface area contributed by atoms with Gasteiger partial charge in [0.05, 0.1) is 12.2 Å². The number of aromatic nitrogens is 1. The Balaban J connectivity index is 0.00000312. The molecule has 2 heterocycles. The van der Waals surface area contributed by atoms with Crippen LogP contribution in [0.15, 0.2) is 15.6 Å². The molecule has 0 bridgehead atoms. The van der Waals surface area contributed by atoms with Gasteiger partial charge in [-0.05, 0) is 19.9 Å². The molecule has 144 valence electrons. The van der Waals surface area contributed by atoms with Gasteiger partial charge >= 0.3 is 0 Å². The maximum atomic E-state index is 5.34. The van der Waals surface area contributed by atoms with Crippen molar-refractivity contribution >= 4 is 29.9 Å². The van der Waals surface area contributed by atoms with Crippen LogP contribution in [0.3, 0.4) is 0 Å². The predicted octanol–water partition coefficient (Wildman–Crippen LogP) is 1.72. The highest BCUT2D eigenvalue weighted by molar-refractivity contribution is 14.0. The van der Waals surface area contributed by atoms with Crippen molar-refractivity contribution in [1.82, 2.24) is 25.6 Å². The van der Waals surface area contributed by atoms with E-state index in [2.05, 4.69) is 58.4 Å². The Morgan fingerprint density at radius 3 is 2.48 bits per heavy atom. The molecule has 1 aliphatic rings. The van der Waals surface area contributed by atoms with Crippen LogP contribution >= 0.6 is 24.0 Å². The second-order valence-corrected chi connectivity index (χ2v) is 6.87. The second-order valence-electron chi connectivity index (χ2n) is 6.87. The molecule has 0 aromatic carbocycles. The molecule has 0 aliphatic carbocycles. The fourth-order valence-corrected chi connectivity index (χ4v) is 2.71. The number of nitrogens with zero attached hydrogens (tertiary/aromatic N) is 4. The minimum Gasteiger partial charge on any atom is -0.359 e. The van der Waals surface area contributed by atoms with Gasteiger partial charge in [0, 0.05) is 51.9 Å². The van der Waals surface area contributed by atoms with Gasteiger partial charge in [-0.2, -0.15) is 0 Å². The molecular formula is C17H33IN6O. The maximum Gasteiger partial charge on any atom is 0.191 e. The van der Waals surface area contributed by atoms with Crippen LogP contribution in [0.4, 0.5) is 0 Å². The van der Waals surface area contributed by atoms with E-state index in [9.17, 15) is 0 Å². The fourth-order valence-electron chi connectivity index (χ4n) is 2.71. The normalized spacial score (nSPS) is 18.1. The Labute approximate surface area is 168 Å². The van der Waals surface area contributed by atoms with Crippen LogP contribution in [0.1, 0.15) is 38.1 Å². The molecule has 7 nitrogen and oxygen atoms in total. The molecule has 1 saturated heterocycles. The average Bonchev–Trinajstić information content (AvgIpc) is 3.04. The van der Waals surface area contributed by atoms with E-state index in [-0.39, 0.29) is 24.0 Å². The number of likely N-dealkylation sites (N-methyl/N-ethyl adjacent to an activating group) is 1. The number of halogens is 1. The lowest BCUT2D eigenvalue weighted by Crippen LogP contribution is -2.52. The number of aliphatic imine (C=N–C) groups is 1. The number of hydrogen-bond donors (Lipinski definition) is 2. The van der Waals surface area contributed by atoms with Crippen LogP contribution in [-0.4, -0.2) is 73.8 Å².